The predicted molar refractivity (Wildman–Crippen MR) is 57.3 cm³/mol. The van der Waals surface area contributed by atoms with Crippen molar-refractivity contribution in [1.29, 1.82) is 0 Å². The molecule has 12 heavy (non-hydrogen) atoms. The van der Waals surface area contributed by atoms with Crippen molar-refractivity contribution in [3.63, 3.8) is 0 Å². The molecule has 0 radical (unpaired) electrons. The number of rotatable bonds is 6. The van der Waals surface area contributed by atoms with Crippen LogP contribution in [0, 0.1) is 5.92 Å². The van der Waals surface area contributed by atoms with Gasteiger partial charge in [0.1, 0.15) is 0 Å². The van der Waals surface area contributed by atoms with Crippen LogP contribution >= 0.6 is 23.2 Å². The fourth-order valence-electron chi connectivity index (χ4n) is 0.695. The summed E-state index contributed by atoms with van der Waals surface area (Å²) in [5.41, 5.74) is -0.105. The van der Waals surface area contributed by atoms with Gasteiger partial charge in [0.15, 0.2) is 0 Å². The minimum Gasteiger partial charge on any atom is -0.309 e. The average Bonchev–Trinajstić information content (AvgIpc) is 2.13. The lowest BCUT2D eigenvalue weighted by Crippen LogP contribution is -2.47. The van der Waals surface area contributed by atoms with E-state index in [4.69, 9.17) is 23.2 Å². The molecule has 0 bridgehead atoms. The van der Waals surface area contributed by atoms with Crippen molar-refractivity contribution in [1.82, 2.24) is 5.32 Å². The summed E-state index contributed by atoms with van der Waals surface area (Å²) < 4.78 is 0. The van der Waals surface area contributed by atoms with Gasteiger partial charge in [-0.3, -0.25) is 0 Å². The molecule has 1 N–H and O–H groups in total. The van der Waals surface area contributed by atoms with E-state index in [9.17, 15) is 0 Å². The van der Waals surface area contributed by atoms with Crippen molar-refractivity contribution in [3.8, 4) is 0 Å². The summed E-state index contributed by atoms with van der Waals surface area (Å²) in [6.07, 6.45) is 1.19. The lowest BCUT2D eigenvalue weighted by atomic mass is 10.1. The van der Waals surface area contributed by atoms with Crippen LogP contribution in [0.1, 0.15) is 27.2 Å². The minimum absolute atomic E-state index is 0.105. The summed E-state index contributed by atoms with van der Waals surface area (Å²) in [4.78, 5) is 0. The number of halogens is 2. The molecule has 0 aliphatic carbocycles. The standard InChI is InChI=1S/C9H19Cl2N/c1-4-8(2)5-12-9(3,6-10)7-11/h8,12H,4-7H2,1-3H3. The maximum Gasteiger partial charge on any atom is 0.0425 e. The first-order valence-electron chi connectivity index (χ1n) is 4.45. The van der Waals surface area contributed by atoms with Crippen LogP contribution in [-0.2, 0) is 0 Å². The van der Waals surface area contributed by atoms with Crippen molar-refractivity contribution in [2.24, 2.45) is 5.92 Å². The zero-order chi connectivity index (χ0) is 9.61. The molecule has 0 rings (SSSR count). The summed E-state index contributed by atoms with van der Waals surface area (Å²) in [7, 11) is 0. The van der Waals surface area contributed by atoms with E-state index in [0.717, 1.165) is 6.54 Å². The second kappa shape index (κ2) is 6.06. The van der Waals surface area contributed by atoms with E-state index < -0.39 is 0 Å². The summed E-state index contributed by atoms with van der Waals surface area (Å²) in [6.45, 7) is 7.45. The lowest BCUT2D eigenvalue weighted by molar-refractivity contribution is 0.385. The first-order chi connectivity index (χ1) is 5.58. The van der Waals surface area contributed by atoms with Crippen molar-refractivity contribution in [2.45, 2.75) is 32.7 Å². The fraction of sp³-hybridized carbons (Fsp3) is 1.00. The number of nitrogens with one attached hydrogen (secondary N) is 1. The summed E-state index contributed by atoms with van der Waals surface area (Å²) in [5, 5.41) is 3.38. The summed E-state index contributed by atoms with van der Waals surface area (Å²) >= 11 is 11.6. The van der Waals surface area contributed by atoms with Crippen LogP contribution in [0.25, 0.3) is 0 Å². The molecule has 0 aromatic heterocycles. The van der Waals surface area contributed by atoms with Gasteiger partial charge in [-0.1, -0.05) is 20.3 Å². The van der Waals surface area contributed by atoms with Crippen LogP contribution in [-0.4, -0.2) is 23.8 Å². The molecule has 0 heterocycles. The van der Waals surface area contributed by atoms with Crippen LogP contribution < -0.4 is 5.32 Å². The molecule has 3 heteroatoms. The van der Waals surface area contributed by atoms with Gasteiger partial charge in [0, 0.05) is 17.3 Å². The molecule has 0 fully saturated rings. The summed E-state index contributed by atoms with van der Waals surface area (Å²) in [6, 6.07) is 0. The highest BCUT2D eigenvalue weighted by atomic mass is 35.5. The SMILES string of the molecule is CCC(C)CNC(C)(CCl)CCl. The lowest BCUT2D eigenvalue weighted by Gasteiger charge is -2.27. The molecule has 74 valence electrons. The molecule has 0 saturated heterocycles. The molecule has 0 aromatic carbocycles. The zero-order valence-corrected chi connectivity index (χ0v) is 9.67. The molecule has 0 aromatic rings. The van der Waals surface area contributed by atoms with Crippen LogP contribution in [0.2, 0.25) is 0 Å². The monoisotopic (exact) mass is 211 g/mol. The molecule has 1 nitrogen and oxygen atoms in total. The first kappa shape index (κ1) is 12.5. The van der Waals surface area contributed by atoms with Crippen LogP contribution in [0.3, 0.4) is 0 Å². The number of hydrogen-bond donors (Lipinski definition) is 1. The van der Waals surface area contributed by atoms with Gasteiger partial charge in [-0.2, -0.15) is 0 Å². The van der Waals surface area contributed by atoms with Crippen molar-refractivity contribution in [2.75, 3.05) is 18.3 Å². The maximum absolute atomic E-state index is 5.79. The van der Waals surface area contributed by atoms with Gasteiger partial charge < -0.3 is 5.32 Å². The third-order valence-corrected chi connectivity index (χ3v) is 3.34. The van der Waals surface area contributed by atoms with Crippen LogP contribution in [0.4, 0.5) is 0 Å². The zero-order valence-electron chi connectivity index (χ0n) is 8.16. The van der Waals surface area contributed by atoms with E-state index in [2.05, 4.69) is 26.1 Å². The number of alkyl halides is 2. The molecular formula is C9H19Cl2N. The molecule has 0 spiro atoms. The van der Waals surface area contributed by atoms with Gasteiger partial charge in [-0.25, -0.2) is 0 Å². The second-order valence-corrected chi connectivity index (χ2v) is 4.26. The molecule has 1 unspecified atom stereocenters. The van der Waals surface area contributed by atoms with Gasteiger partial charge in [-0.15, -0.1) is 23.2 Å². The third kappa shape index (κ3) is 4.54. The van der Waals surface area contributed by atoms with Gasteiger partial charge in [-0.05, 0) is 19.4 Å². The Balaban J connectivity index is 3.72. The molecule has 0 aliphatic rings. The van der Waals surface area contributed by atoms with Crippen molar-refractivity contribution in [3.05, 3.63) is 0 Å². The Bertz CT molecular complexity index is 113. The van der Waals surface area contributed by atoms with Gasteiger partial charge >= 0.3 is 0 Å². The molecule has 0 amide bonds. The summed E-state index contributed by atoms with van der Waals surface area (Å²) in [5.74, 6) is 1.82. The highest BCUT2D eigenvalue weighted by Crippen LogP contribution is 2.10. The maximum atomic E-state index is 5.79. The average molecular weight is 212 g/mol. The Hall–Kier alpha value is 0.540. The van der Waals surface area contributed by atoms with Crippen molar-refractivity contribution >= 4 is 23.2 Å². The van der Waals surface area contributed by atoms with E-state index in [1.165, 1.54) is 6.42 Å². The predicted octanol–water partition coefficient (Wildman–Crippen LogP) is 2.86. The normalized spacial score (nSPS) is 14.8. The Labute approximate surface area is 85.8 Å². The van der Waals surface area contributed by atoms with Gasteiger partial charge in [0.2, 0.25) is 0 Å². The Morgan fingerprint density at radius 3 is 2.17 bits per heavy atom. The Kier molecular flexibility index (Phi) is 6.34. The van der Waals surface area contributed by atoms with Gasteiger partial charge in [0.25, 0.3) is 0 Å². The molecular weight excluding hydrogens is 193 g/mol. The smallest absolute Gasteiger partial charge is 0.0425 e. The topological polar surface area (TPSA) is 12.0 Å². The minimum atomic E-state index is -0.105. The van der Waals surface area contributed by atoms with E-state index in [1.807, 2.05) is 0 Å². The molecule has 1 atom stereocenters. The largest absolute Gasteiger partial charge is 0.309 e. The van der Waals surface area contributed by atoms with Crippen LogP contribution in [0.15, 0.2) is 0 Å². The van der Waals surface area contributed by atoms with Crippen LogP contribution in [0.5, 0.6) is 0 Å². The van der Waals surface area contributed by atoms with Gasteiger partial charge in [0.05, 0.1) is 0 Å². The quantitative estimate of drug-likeness (QED) is 0.667. The van der Waals surface area contributed by atoms with E-state index in [1.54, 1.807) is 0 Å². The Morgan fingerprint density at radius 1 is 1.33 bits per heavy atom. The third-order valence-electron chi connectivity index (χ3n) is 2.16. The van der Waals surface area contributed by atoms with Crippen molar-refractivity contribution < 1.29 is 0 Å². The first-order valence-corrected chi connectivity index (χ1v) is 5.52. The highest BCUT2D eigenvalue weighted by Gasteiger charge is 2.21. The van der Waals surface area contributed by atoms with E-state index >= 15 is 0 Å². The van der Waals surface area contributed by atoms with E-state index in [-0.39, 0.29) is 5.54 Å². The second-order valence-electron chi connectivity index (χ2n) is 3.72. The fourth-order valence-corrected chi connectivity index (χ4v) is 1.17. The highest BCUT2D eigenvalue weighted by molar-refractivity contribution is 6.22. The Morgan fingerprint density at radius 2 is 1.83 bits per heavy atom. The van der Waals surface area contributed by atoms with E-state index in [0.29, 0.717) is 17.7 Å². The molecule has 0 aliphatic heterocycles. The molecule has 0 saturated carbocycles. The number of hydrogen-bond acceptors (Lipinski definition) is 1.